The van der Waals surface area contributed by atoms with Gasteiger partial charge in [-0.05, 0) is 43.4 Å². The minimum Gasteiger partial charge on any atom is -0.544 e. The molecule has 0 bridgehead atoms. The van der Waals surface area contributed by atoms with Gasteiger partial charge in [0.25, 0.3) is 0 Å². The first-order valence-corrected chi connectivity index (χ1v) is 8.00. The van der Waals surface area contributed by atoms with Gasteiger partial charge in [0.1, 0.15) is 0 Å². The second-order valence-corrected chi connectivity index (χ2v) is 6.25. The van der Waals surface area contributed by atoms with Crippen LogP contribution in [0.1, 0.15) is 27.0 Å². The molecule has 10 heteroatoms. The lowest BCUT2D eigenvalue weighted by Gasteiger charge is -2.14. The van der Waals surface area contributed by atoms with E-state index in [-0.39, 0.29) is 15.7 Å². The first-order chi connectivity index (χ1) is 11.7. The normalized spacial score (nSPS) is 11.9. The number of nitrogens with zero attached hydrogens (tertiary/aromatic N) is 1. The average Bonchev–Trinajstić information content (AvgIpc) is 3.02. The Balaban J connectivity index is 2.07. The fraction of sp³-hybridized carbons (Fsp3) is 0.133. The summed E-state index contributed by atoms with van der Waals surface area (Å²) in [5.41, 5.74) is 1.80. The van der Waals surface area contributed by atoms with Gasteiger partial charge in [-0.25, -0.2) is 0 Å². The number of para-hydroxylation sites is 1. The van der Waals surface area contributed by atoms with Crippen LogP contribution in [0.2, 0.25) is 0 Å². The molecule has 1 aromatic carbocycles. The molecule has 0 unspecified atom stereocenters. The Hall–Kier alpha value is -2.46. The van der Waals surface area contributed by atoms with Crippen molar-refractivity contribution in [2.45, 2.75) is 13.1 Å². The summed E-state index contributed by atoms with van der Waals surface area (Å²) >= 11 is 5.90. The minimum absolute atomic E-state index is 0.0457. The maximum absolute atomic E-state index is 12.9. The molecule has 2 N–H and O–H groups in total. The zero-order valence-corrected chi connectivity index (χ0v) is 14.3. The first kappa shape index (κ1) is 18.9. The van der Waals surface area contributed by atoms with Crippen molar-refractivity contribution in [3.63, 3.8) is 0 Å². The Morgan fingerprint density at radius 3 is 2.44 bits per heavy atom. The summed E-state index contributed by atoms with van der Waals surface area (Å²) in [6.07, 6.45) is -4.52. The molecule has 0 amide bonds. The van der Waals surface area contributed by atoms with Crippen LogP contribution in [0.3, 0.4) is 0 Å². The van der Waals surface area contributed by atoms with Gasteiger partial charge in [0.05, 0.1) is 32.7 Å². The van der Waals surface area contributed by atoms with Gasteiger partial charge in [-0.1, -0.05) is 12.1 Å². The topological polar surface area (TPSA) is 76.5 Å². The van der Waals surface area contributed by atoms with Crippen molar-refractivity contribution in [1.29, 1.82) is 0 Å². The zero-order valence-electron chi connectivity index (χ0n) is 12.7. The standard InChI is InChI=1S/C15H12F3N3O2S2/c1-8(11-6-7-12(25-11)13(22)23)20-21-14(24)19-10-5-3-2-4-9(10)15(16,17)18/h2-7H,1H3,(H,22,23)(H2,19,21,24)/p-1/b20-8-. The summed E-state index contributed by atoms with van der Waals surface area (Å²) in [4.78, 5) is 11.3. The van der Waals surface area contributed by atoms with Gasteiger partial charge >= 0.3 is 6.18 Å². The first-order valence-electron chi connectivity index (χ1n) is 6.77. The third-order valence-corrected chi connectivity index (χ3v) is 4.34. The Labute approximate surface area is 150 Å². The Kier molecular flexibility index (Phi) is 5.75. The summed E-state index contributed by atoms with van der Waals surface area (Å²) in [5.74, 6) is -1.29. The van der Waals surface area contributed by atoms with E-state index in [2.05, 4.69) is 15.8 Å². The lowest BCUT2D eigenvalue weighted by molar-refractivity contribution is -0.254. The van der Waals surface area contributed by atoms with Crippen LogP contribution < -0.4 is 15.8 Å². The third kappa shape index (κ3) is 5.00. The largest absolute Gasteiger partial charge is 0.544 e. The second kappa shape index (κ2) is 7.62. The van der Waals surface area contributed by atoms with Crippen molar-refractivity contribution in [2.75, 3.05) is 5.32 Å². The molecule has 2 rings (SSSR count). The SMILES string of the molecule is C/C(=N/NC(=S)Nc1ccccc1C(F)(F)F)c1ccc(C(=O)[O-])s1. The molecule has 0 saturated carbocycles. The number of carbonyl (C=O) groups excluding carboxylic acids is 1. The van der Waals surface area contributed by atoms with Crippen LogP contribution >= 0.6 is 23.6 Å². The number of hydrogen-bond acceptors (Lipinski definition) is 5. The number of halogens is 3. The monoisotopic (exact) mass is 386 g/mol. The molecule has 0 saturated heterocycles. The van der Waals surface area contributed by atoms with Crippen molar-refractivity contribution in [3.05, 3.63) is 51.7 Å². The van der Waals surface area contributed by atoms with E-state index in [1.165, 1.54) is 24.3 Å². The fourth-order valence-corrected chi connectivity index (χ4v) is 2.76. The van der Waals surface area contributed by atoms with Gasteiger partial charge in [-0.2, -0.15) is 18.3 Å². The minimum atomic E-state index is -4.52. The second-order valence-electron chi connectivity index (χ2n) is 4.76. The third-order valence-electron chi connectivity index (χ3n) is 2.97. The zero-order chi connectivity index (χ0) is 18.6. The maximum Gasteiger partial charge on any atom is 0.418 e. The van der Waals surface area contributed by atoms with Crippen molar-refractivity contribution >= 4 is 46.0 Å². The number of thiocarbonyl (C=S) groups is 1. The lowest BCUT2D eigenvalue weighted by Crippen LogP contribution is -2.26. The molecule has 0 aliphatic rings. The number of thiophene rings is 1. The molecule has 0 spiro atoms. The Morgan fingerprint density at radius 2 is 1.84 bits per heavy atom. The Morgan fingerprint density at radius 1 is 1.20 bits per heavy atom. The quantitative estimate of drug-likeness (QED) is 0.480. The highest BCUT2D eigenvalue weighted by atomic mass is 32.1. The van der Waals surface area contributed by atoms with Gasteiger partial charge in [-0.15, -0.1) is 11.3 Å². The summed E-state index contributed by atoms with van der Waals surface area (Å²) < 4.78 is 38.8. The van der Waals surface area contributed by atoms with Crippen LogP contribution in [0.25, 0.3) is 0 Å². The van der Waals surface area contributed by atoms with E-state index >= 15 is 0 Å². The van der Waals surface area contributed by atoms with Gasteiger partial charge in [0.15, 0.2) is 5.11 Å². The van der Waals surface area contributed by atoms with E-state index in [9.17, 15) is 23.1 Å². The van der Waals surface area contributed by atoms with Crippen LogP contribution in [0.5, 0.6) is 0 Å². The molecule has 132 valence electrons. The number of carboxylic acids is 1. The number of anilines is 1. The summed E-state index contributed by atoms with van der Waals surface area (Å²) in [7, 11) is 0. The van der Waals surface area contributed by atoms with Crippen LogP contribution in [-0.2, 0) is 6.18 Å². The molecule has 0 atom stereocenters. The molecule has 0 aliphatic carbocycles. The van der Waals surface area contributed by atoms with Crippen LogP contribution in [0.15, 0.2) is 41.5 Å². The van der Waals surface area contributed by atoms with Crippen LogP contribution in [0.4, 0.5) is 18.9 Å². The van der Waals surface area contributed by atoms with E-state index in [1.807, 2.05) is 0 Å². The number of aromatic carboxylic acids is 1. The van der Waals surface area contributed by atoms with E-state index < -0.39 is 17.7 Å². The number of alkyl halides is 3. The summed E-state index contributed by atoms with van der Waals surface area (Å²) in [5, 5.41) is 17.0. The van der Waals surface area contributed by atoms with Crippen molar-refractivity contribution in [1.82, 2.24) is 5.43 Å². The number of nitrogens with one attached hydrogen (secondary N) is 2. The molecule has 1 aromatic heterocycles. The van der Waals surface area contributed by atoms with Crippen molar-refractivity contribution < 1.29 is 23.1 Å². The molecule has 0 fully saturated rings. The molecular weight excluding hydrogens is 375 g/mol. The van der Waals surface area contributed by atoms with Gasteiger partial charge < -0.3 is 15.2 Å². The molecule has 0 aliphatic heterocycles. The fourth-order valence-electron chi connectivity index (χ4n) is 1.82. The van der Waals surface area contributed by atoms with Crippen molar-refractivity contribution in [3.8, 4) is 0 Å². The highest BCUT2D eigenvalue weighted by Gasteiger charge is 2.33. The number of carboxylic acid groups (broad SMARTS) is 1. The smallest absolute Gasteiger partial charge is 0.418 e. The van der Waals surface area contributed by atoms with Crippen molar-refractivity contribution in [2.24, 2.45) is 5.10 Å². The van der Waals surface area contributed by atoms with Crippen LogP contribution in [-0.4, -0.2) is 16.8 Å². The van der Waals surface area contributed by atoms with E-state index in [0.29, 0.717) is 10.6 Å². The Bertz CT molecular complexity index is 831. The number of carbonyl (C=O) groups is 1. The summed E-state index contributed by atoms with van der Waals surface area (Å²) in [6, 6.07) is 7.84. The van der Waals surface area contributed by atoms with Gasteiger partial charge in [-0.3, -0.25) is 5.43 Å². The molecule has 0 radical (unpaired) electrons. The van der Waals surface area contributed by atoms with E-state index in [4.69, 9.17) is 12.2 Å². The van der Waals surface area contributed by atoms with Gasteiger partial charge in [0, 0.05) is 0 Å². The average molecular weight is 386 g/mol. The molecule has 2 aromatic rings. The number of rotatable bonds is 4. The van der Waals surface area contributed by atoms with Gasteiger partial charge in [0.2, 0.25) is 0 Å². The number of hydrogen-bond donors (Lipinski definition) is 2. The summed E-state index contributed by atoms with van der Waals surface area (Å²) in [6.45, 7) is 1.60. The van der Waals surface area contributed by atoms with Crippen LogP contribution in [0, 0.1) is 0 Å². The van der Waals surface area contributed by atoms with E-state index in [0.717, 1.165) is 17.4 Å². The molecule has 5 nitrogen and oxygen atoms in total. The van der Waals surface area contributed by atoms with E-state index in [1.54, 1.807) is 13.0 Å². The molecule has 1 heterocycles. The highest BCUT2D eigenvalue weighted by molar-refractivity contribution is 7.80. The highest BCUT2D eigenvalue weighted by Crippen LogP contribution is 2.34. The molecule has 25 heavy (non-hydrogen) atoms. The predicted octanol–water partition coefficient (Wildman–Crippen LogP) is 2.84. The maximum atomic E-state index is 12.9. The molecular formula is C15H11F3N3O2S2-. The number of benzene rings is 1. The predicted molar refractivity (Wildman–Crippen MR) is 91.7 cm³/mol. The number of hydrazone groups is 1. The lowest BCUT2D eigenvalue weighted by atomic mass is 10.2.